The number of fused-ring (bicyclic) bond motifs is 4. The summed E-state index contributed by atoms with van der Waals surface area (Å²) >= 11 is 0. The van der Waals surface area contributed by atoms with Crippen LogP contribution in [0.25, 0.3) is 21.9 Å². The maximum Gasteiger partial charge on any atom is 0.416 e. The lowest BCUT2D eigenvalue weighted by Crippen LogP contribution is -2.50. The lowest BCUT2D eigenvalue weighted by atomic mass is 10.1. The molecule has 2 aliphatic heterocycles. The van der Waals surface area contributed by atoms with Crippen LogP contribution in [0.4, 0.5) is 23.4 Å². The molecule has 2 aromatic heterocycles. The van der Waals surface area contributed by atoms with E-state index in [2.05, 4.69) is 24.8 Å². The molecular weight excluding hydrogens is 362 g/mol. The second kappa shape index (κ2) is 5.79. The van der Waals surface area contributed by atoms with Crippen molar-refractivity contribution in [1.29, 1.82) is 0 Å². The average Bonchev–Trinajstić information content (AvgIpc) is 3.29. The van der Waals surface area contributed by atoms with Crippen LogP contribution in [0.2, 0.25) is 0 Å². The van der Waals surface area contributed by atoms with Gasteiger partial charge in [-0.25, -0.2) is 14.4 Å². The number of pyridine rings is 1. The van der Waals surface area contributed by atoms with E-state index in [-0.39, 0.29) is 10.9 Å². The van der Waals surface area contributed by atoms with E-state index >= 15 is 0 Å². The fourth-order valence-electron chi connectivity index (χ4n) is 4.30. The summed E-state index contributed by atoms with van der Waals surface area (Å²) in [5.74, 6) is -0.425. The van der Waals surface area contributed by atoms with Gasteiger partial charge in [0.15, 0.2) is 5.82 Å². The van der Waals surface area contributed by atoms with E-state index in [0.717, 1.165) is 45.1 Å². The molecular formula is C18H17F4N5. The molecule has 4 heterocycles. The first-order chi connectivity index (χ1) is 12.9. The van der Waals surface area contributed by atoms with Crippen molar-refractivity contribution in [3.63, 3.8) is 0 Å². The van der Waals surface area contributed by atoms with Crippen LogP contribution >= 0.6 is 0 Å². The van der Waals surface area contributed by atoms with Crippen molar-refractivity contribution in [3.05, 3.63) is 29.8 Å². The van der Waals surface area contributed by atoms with E-state index < -0.39 is 17.6 Å². The summed E-state index contributed by atoms with van der Waals surface area (Å²) in [6.45, 7) is 3.51. The Morgan fingerprint density at radius 2 is 1.96 bits per heavy atom. The number of hydrogen-bond donors (Lipinski definition) is 1. The SMILES string of the molecule is Fc1cc(C(F)(F)F)cc2c1nc(N1CCN3CCCC3C1)c1[nH]cnc12. The van der Waals surface area contributed by atoms with Crippen molar-refractivity contribution in [1.82, 2.24) is 19.9 Å². The highest BCUT2D eigenvalue weighted by Crippen LogP contribution is 2.37. The van der Waals surface area contributed by atoms with Crippen LogP contribution in [0.1, 0.15) is 18.4 Å². The summed E-state index contributed by atoms with van der Waals surface area (Å²) in [5.41, 5.74) is -0.251. The highest BCUT2D eigenvalue weighted by Gasteiger charge is 2.34. The van der Waals surface area contributed by atoms with Crippen molar-refractivity contribution < 1.29 is 17.6 Å². The molecule has 5 rings (SSSR count). The molecule has 2 fully saturated rings. The third-order valence-electron chi connectivity index (χ3n) is 5.61. The largest absolute Gasteiger partial charge is 0.416 e. The lowest BCUT2D eigenvalue weighted by molar-refractivity contribution is -0.137. The Kier molecular flexibility index (Phi) is 3.59. The first-order valence-electron chi connectivity index (χ1n) is 8.94. The standard InChI is InChI=1S/C18H17F4N5/c19-13-7-10(18(20,21)22)6-12-14(13)25-17(16-15(12)23-9-24-16)27-5-4-26-3-1-2-11(26)8-27/h6-7,9,11H,1-5,8H2,(H,23,24). The van der Waals surface area contributed by atoms with Gasteiger partial charge in [-0.05, 0) is 31.5 Å². The van der Waals surface area contributed by atoms with E-state index in [0.29, 0.717) is 29.0 Å². The second-order valence-electron chi connectivity index (χ2n) is 7.19. The van der Waals surface area contributed by atoms with Gasteiger partial charge in [0.1, 0.15) is 22.4 Å². The van der Waals surface area contributed by atoms with Crippen molar-refractivity contribution in [3.8, 4) is 0 Å². The predicted octanol–water partition coefficient (Wildman–Crippen LogP) is 3.55. The van der Waals surface area contributed by atoms with Gasteiger partial charge in [0, 0.05) is 31.1 Å². The number of H-pyrrole nitrogens is 1. The fourth-order valence-corrected chi connectivity index (χ4v) is 4.30. The fraction of sp³-hybridized carbons (Fsp3) is 0.444. The Morgan fingerprint density at radius 1 is 1.11 bits per heavy atom. The Morgan fingerprint density at radius 3 is 2.78 bits per heavy atom. The number of aromatic amines is 1. The molecule has 1 N–H and O–H groups in total. The van der Waals surface area contributed by atoms with E-state index in [1.54, 1.807) is 0 Å². The minimum absolute atomic E-state index is 0.0711. The van der Waals surface area contributed by atoms with Crippen LogP contribution in [0.3, 0.4) is 0 Å². The molecule has 1 unspecified atom stereocenters. The van der Waals surface area contributed by atoms with Gasteiger partial charge in [-0.1, -0.05) is 0 Å². The Bertz CT molecular complexity index is 1030. The molecule has 9 heteroatoms. The smallest absolute Gasteiger partial charge is 0.352 e. The molecule has 27 heavy (non-hydrogen) atoms. The number of piperazine rings is 1. The summed E-state index contributed by atoms with van der Waals surface area (Å²) in [5, 5.41) is 0.0711. The lowest BCUT2D eigenvalue weighted by Gasteiger charge is -2.38. The van der Waals surface area contributed by atoms with Crippen molar-refractivity contribution in [2.75, 3.05) is 31.1 Å². The summed E-state index contributed by atoms with van der Waals surface area (Å²) in [6.07, 6.45) is -0.939. The molecule has 5 nitrogen and oxygen atoms in total. The minimum atomic E-state index is -4.63. The summed E-state index contributed by atoms with van der Waals surface area (Å²) < 4.78 is 53.8. The number of alkyl halides is 3. The number of nitrogens with zero attached hydrogens (tertiary/aromatic N) is 4. The minimum Gasteiger partial charge on any atom is -0.352 e. The Hall–Kier alpha value is -2.42. The number of anilines is 1. The van der Waals surface area contributed by atoms with E-state index in [4.69, 9.17) is 0 Å². The number of benzene rings is 1. The third kappa shape index (κ3) is 2.63. The molecule has 0 saturated carbocycles. The predicted molar refractivity (Wildman–Crippen MR) is 93.2 cm³/mol. The number of halogens is 4. The molecule has 0 radical (unpaired) electrons. The van der Waals surface area contributed by atoms with Crippen LogP contribution in [-0.4, -0.2) is 52.1 Å². The zero-order valence-electron chi connectivity index (χ0n) is 14.4. The Balaban J connectivity index is 1.67. The number of rotatable bonds is 1. The highest BCUT2D eigenvalue weighted by molar-refractivity contribution is 6.07. The van der Waals surface area contributed by atoms with E-state index in [1.165, 1.54) is 6.33 Å². The van der Waals surface area contributed by atoms with Crippen LogP contribution in [0.15, 0.2) is 18.5 Å². The van der Waals surface area contributed by atoms with Crippen LogP contribution in [0.5, 0.6) is 0 Å². The number of nitrogens with one attached hydrogen (secondary N) is 1. The first-order valence-corrected chi connectivity index (χ1v) is 8.94. The van der Waals surface area contributed by atoms with Gasteiger partial charge in [-0.15, -0.1) is 0 Å². The first kappa shape index (κ1) is 16.7. The molecule has 3 aromatic rings. The van der Waals surface area contributed by atoms with Crippen LogP contribution in [0, 0.1) is 5.82 Å². The van der Waals surface area contributed by atoms with Crippen molar-refractivity contribution in [2.45, 2.75) is 25.1 Å². The third-order valence-corrected chi connectivity index (χ3v) is 5.61. The molecule has 1 aromatic carbocycles. The van der Waals surface area contributed by atoms with Crippen molar-refractivity contribution >= 4 is 27.8 Å². The number of imidazole rings is 1. The summed E-state index contributed by atoms with van der Waals surface area (Å²) in [6, 6.07) is 1.87. The van der Waals surface area contributed by atoms with E-state index in [1.807, 2.05) is 0 Å². The summed E-state index contributed by atoms with van der Waals surface area (Å²) in [4.78, 5) is 16.1. The van der Waals surface area contributed by atoms with Gasteiger partial charge >= 0.3 is 6.18 Å². The number of hydrogen-bond acceptors (Lipinski definition) is 4. The Labute approximate surface area is 152 Å². The zero-order chi connectivity index (χ0) is 18.8. The maximum atomic E-state index is 14.5. The molecule has 0 aliphatic carbocycles. The summed E-state index contributed by atoms with van der Waals surface area (Å²) in [7, 11) is 0. The van der Waals surface area contributed by atoms with E-state index in [9.17, 15) is 17.6 Å². The van der Waals surface area contributed by atoms with Gasteiger partial charge in [0.2, 0.25) is 0 Å². The van der Waals surface area contributed by atoms with Crippen LogP contribution < -0.4 is 4.90 Å². The normalized spacial score (nSPS) is 21.3. The van der Waals surface area contributed by atoms with Gasteiger partial charge < -0.3 is 9.88 Å². The molecule has 0 spiro atoms. The molecule has 0 amide bonds. The van der Waals surface area contributed by atoms with Gasteiger partial charge in [-0.2, -0.15) is 13.2 Å². The van der Waals surface area contributed by atoms with Crippen LogP contribution in [-0.2, 0) is 6.18 Å². The molecule has 142 valence electrons. The van der Waals surface area contributed by atoms with Crippen molar-refractivity contribution in [2.24, 2.45) is 0 Å². The highest BCUT2D eigenvalue weighted by atomic mass is 19.4. The molecule has 0 bridgehead atoms. The molecule has 2 aliphatic rings. The zero-order valence-corrected chi connectivity index (χ0v) is 14.4. The quantitative estimate of drug-likeness (QED) is 0.657. The average molecular weight is 379 g/mol. The topological polar surface area (TPSA) is 48.1 Å². The molecule has 2 saturated heterocycles. The second-order valence-corrected chi connectivity index (χ2v) is 7.19. The number of aromatic nitrogens is 3. The van der Waals surface area contributed by atoms with Gasteiger partial charge in [0.05, 0.1) is 11.9 Å². The maximum absolute atomic E-state index is 14.5. The van der Waals surface area contributed by atoms with Gasteiger partial charge in [-0.3, -0.25) is 4.90 Å². The van der Waals surface area contributed by atoms with Gasteiger partial charge in [0.25, 0.3) is 0 Å². The molecule has 1 atom stereocenters. The monoisotopic (exact) mass is 379 g/mol.